The number of rotatable bonds is 53. The fourth-order valence-corrected chi connectivity index (χ4v) is 11.3. The molecule has 14 heteroatoms. The van der Waals surface area contributed by atoms with Gasteiger partial charge < -0.3 is 54.0 Å². The highest BCUT2D eigenvalue weighted by Crippen LogP contribution is 2.41. The smallest absolute Gasteiger partial charge is 0.306 e. The Balaban J connectivity index is 2.09. The van der Waals surface area contributed by atoms with E-state index in [0.717, 1.165) is 94.8 Å². The van der Waals surface area contributed by atoms with Gasteiger partial charge in [0.25, 0.3) is 0 Å². The number of carbonyl (C=O) groups excluding carboxylic acids is 3. The van der Waals surface area contributed by atoms with Crippen molar-refractivity contribution in [3.05, 3.63) is 0 Å². The molecule has 2 aliphatic heterocycles. The van der Waals surface area contributed by atoms with E-state index >= 15 is 0 Å². The first kappa shape index (κ1) is 74.2. The van der Waals surface area contributed by atoms with Crippen molar-refractivity contribution in [2.45, 2.75) is 366 Å². The van der Waals surface area contributed by atoms with E-state index in [9.17, 15) is 39.9 Å². The van der Waals surface area contributed by atoms with Gasteiger partial charge in [-0.25, -0.2) is 0 Å². The lowest BCUT2D eigenvalue weighted by atomic mass is 9.98. The number of unbranched alkanes of at least 4 members (excludes halogenated alkanes) is 33. The van der Waals surface area contributed by atoms with E-state index < -0.39 is 92.5 Å². The Hall–Kier alpha value is -1.91. The van der Waals surface area contributed by atoms with Gasteiger partial charge in [0.05, 0.1) is 13.2 Å². The summed E-state index contributed by atoms with van der Waals surface area (Å²) in [5.41, 5.74) is 0. The molecule has 0 amide bonds. The first-order valence-electron chi connectivity index (χ1n) is 33.5. The minimum absolute atomic E-state index is 0.0185. The molecule has 5 N–H and O–H groups in total. The fraction of sp³-hybridized carbons (Fsp3) is 0.955. The van der Waals surface area contributed by atoms with Gasteiger partial charge in [0.1, 0.15) is 37.1 Å². The van der Waals surface area contributed by atoms with E-state index in [-0.39, 0.29) is 19.3 Å². The van der Waals surface area contributed by atoms with E-state index in [1.165, 1.54) is 154 Å². The maximum atomic E-state index is 13.9. The van der Waals surface area contributed by atoms with Gasteiger partial charge in [0, 0.05) is 19.3 Å². The predicted octanol–water partition coefficient (Wildman–Crippen LogP) is 14.6. The van der Waals surface area contributed by atoms with Crippen LogP contribution in [0.15, 0.2) is 0 Å². The predicted molar refractivity (Wildman–Crippen MR) is 319 cm³/mol. The minimum atomic E-state index is -2.33. The lowest BCUT2D eigenvalue weighted by molar-refractivity contribution is -0.384. The number of aliphatic hydroxyl groups excluding tert-OH is 5. The number of esters is 3. The summed E-state index contributed by atoms with van der Waals surface area (Å²) >= 11 is 0. The van der Waals surface area contributed by atoms with Crippen molar-refractivity contribution < 1.29 is 68.3 Å². The van der Waals surface area contributed by atoms with E-state index in [1.807, 2.05) is 0 Å². The molecule has 80 heavy (non-hydrogen) atoms. The minimum Gasteiger partial charge on any atom is -0.460 e. The molecule has 0 radical (unpaired) electrons. The van der Waals surface area contributed by atoms with Crippen LogP contribution in [0.3, 0.4) is 0 Å². The van der Waals surface area contributed by atoms with Crippen molar-refractivity contribution in [1.29, 1.82) is 0 Å². The molecule has 2 rings (SSSR count). The lowest BCUT2D eigenvalue weighted by Crippen LogP contribution is -2.63. The Morgan fingerprint density at radius 3 is 1.05 bits per heavy atom. The third-order valence-electron chi connectivity index (χ3n) is 16.5. The van der Waals surface area contributed by atoms with Crippen molar-refractivity contribution in [3.63, 3.8) is 0 Å². The first-order valence-corrected chi connectivity index (χ1v) is 33.5. The molecule has 2 fully saturated rings. The number of hydrogen-bond acceptors (Lipinski definition) is 14. The van der Waals surface area contributed by atoms with Crippen molar-refractivity contribution in [2.24, 2.45) is 17.8 Å². The number of hydrogen-bond donors (Lipinski definition) is 5. The van der Waals surface area contributed by atoms with E-state index in [2.05, 4.69) is 41.5 Å². The Bertz CT molecular complexity index is 1490. The van der Waals surface area contributed by atoms with Crippen molar-refractivity contribution in [2.75, 3.05) is 19.8 Å². The highest BCUT2D eigenvalue weighted by Gasteiger charge is 2.63. The SMILES string of the molecule is CC(C)CCCCCCCCCCCCCCC(=O)OC[C@@]1(O[C@H]2O[C@H](CO)[C@@H](O)[C@H](O)[C@H]2O)O[C@H](CO)[C@@H](OC(=O)CCCCCCCCCCCCCCC(C)C)[C@@H]1OC(=O)CCCCCCCCCCCCCCC(C)C. The zero-order valence-electron chi connectivity index (χ0n) is 52.1. The molecule has 2 saturated heterocycles. The topological polar surface area (TPSA) is 208 Å². The van der Waals surface area contributed by atoms with Crippen LogP contribution in [0.2, 0.25) is 0 Å². The van der Waals surface area contributed by atoms with Crippen LogP contribution in [0.1, 0.15) is 311 Å². The van der Waals surface area contributed by atoms with Gasteiger partial charge in [-0.3, -0.25) is 14.4 Å². The number of ether oxygens (including phenoxy) is 6. The van der Waals surface area contributed by atoms with E-state index in [1.54, 1.807) is 0 Å². The molecule has 472 valence electrons. The molecule has 9 atom stereocenters. The molecule has 0 aromatic carbocycles. The Morgan fingerprint density at radius 2 is 0.713 bits per heavy atom. The molecule has 14 nitrogen and oxygen atoms in total. The number of carbonyl (C=O) groups is 3. The second-order valence-electron chi connectivity index (χ2n) is 25.5. The summed E-state index contributed by atoms with van der Waals surface area (Å²) in [6.45, 7) is 11.5. The highest BCUT2D eigenvalue weighted by atomic mass is 16.8. The summed E-state index contributed by atoms with van der Waals surface area (Å²) in [6.07, 6.45) is 31.8. The van der Waals surface area contributed by atoms with Crippen molar-refractivity contribution >= 4 is 17.9 Å². The van der Waals surface area contributed by atoms with Gasteiger partial charge in [-0.1, -0.05) is 273 Å². The summed E-state index contributed by atoms with van der Waals surface area (Å²) in [5, 5.41) is 53.4. The molecule has 0 aromatic heterocycles. The quantitative estimate of drug-likeness (QED) is 0.0218. The summed E-state index contributed by atoms with van der Waals surface area (Å²) in [5.74, 6) is -1.83. The van der Waals surface area contributed by atoms with Gasteiger partial charge in [0.15, 0.2) is 18.5 Å². The van der Waals surface area contributed by atoms with Crippen LogP contribution in [0, 0.1) is 17.8 Å². The normalized spacial score (nSPS) is 23.2. The Labute approximate surface area is 488 Å². The Kier molecular flexibility index (Phi) is 43.9. The molecular weight excluding hydrogens is 1020 g/mol. The summed E-state index contributed by atoms with van der Waals surface area (Å²) in [6, 6.07) is 0. The third-order valence-corrected chi connectivity index (χ3v) is 16.5. The Morgan fingerprint density at radius 1 is 0.400 bits per heavy atom. The standard InChI is InChI=1S/C66H124O14/c1-52(2)43-37-31-25-19-13-7-10-16-22-28-34-40-46-57(69)75-51-66(80-65-62(74)61(73)60(72)55(49-67)76-65)64(78-59(71)48-42-36-30-24-18-12-9-15-21-27-33-39-45-54(5)6)63(56(50-68)79-66)77-58(70)47-41-35-29-23-17-11-8-14-20-26-32-38-44-53(3)4/h52-56,60-65,67-68,72-74H,7-51H2,1-6H3/t55-,56-,60-,61+,62-,63-,64+,65-,66+/m1/s1. The highest BCUT2D eigenvalue weighted by molar-refractivity contribution is 5.71. The molecule has 0 saturated carbocycles. The third kappa shape index (κ3) is 34.8. The summed E-state index contributed by atoms with van der Waals surface area (Å²) in [4.78, 5) is 41.1. The van der Waals surface area contributed by atoms with Crippen LogP contribution >= 0.6 is 0 Å². The van der Waals surface area contributed by atoms with Crippen molar-refractivity contribution in [1.82, 2.24) is 0 Å². The van der Waals surface area contributed by atoms with Gasteiger partial charge >= 0.3 is 17.9 Å². The number of aliphatic hydroxyl groups is 5. The van der Waals surface area contributed by atoms with Crippen LogP contribution in [-0.2, 0) is 42.8 Å². The second-order valence-corrected chi connectivity index (χ2v) is 25.5. The molecule has 0 aliphatic carbocycles. The largest absolute Gasteiger partial charge is 0.460 e. The monoisotopic (exact) mass is 1140 g/mol. The van der Waals surface area contributed by atoms with Crippen LogP contribution in [0.4, 0.5) is 0 Å². The molecule has 0 bridgehead atoms. The average Bonchev–Trinajstić information content (AvgIpc) is 3.75. The second kappa shape index (κ2) is 47.3. The summed E-state index contributed by atoms with van der Waals surface area (Å²) in [7, 11) is 0. The van der Waals surface area contributed by atoms with Gasteiger partial charge in [-0.15, -0.1) is 0 Å². The molecule has 2 heterocycles. The van der Waals surface area contributed by atoms with Crippen LogP contribution in [-0.4, -0.2) is 118 Å². The lowest BCUT2D eigenvalue weighted by Gasteiger charge is -2.43. The van der Waals surface area contributed by atoms with Crippen molar-refractivity contribution in [3.8, 4) is 0 Å². The van der Waals surface area contributed by atoms with Crippen LogP contribution in [0.25, 0.3) is 0 Å². The fourth-order valence-electron chi connectivity index (χ4n) is 11.3. The van der Waals surface area contributed by atoms with Gasteiger partial charge in [-0.05, 0) is 37.0 Å². The maximum absolute atomic E-state index is 13.9. The molecule has 0 unspecified atom stereocenters. The van der Waals surface area contributed by atoms with Gasteiger partial charge in [-0.2, -0.15) is 0 Å². The van der Waals surface area contributed by atoms with Gasteiger partial charge in [0.2, 0.25) is 5.79 Å². The van der Waals surface area contributed by atoms with Crippen LogP contribution < -0.4 is 0 Å². The zero-order valence-corrected chi connectivity index (χ0v) is 52.1. The molecule has 0 spiro atoms. The zero-order chi connectivity index (χ0) is 58.6. The molecule has 0 aromatic rings. The molecular formula is C66H124O14. The maximum Gasteiger partial charge on any atom is 0.306 e. The molecule has 2 aliphatic rings. The first-order chi connectivity index (χ1) is 38.6. The average molecular weight is 1140 g/mol. The summed E-state index contributed by atoms with van der Waals surface area (Å²) < 4.78 is 36.5. The van der Waals surface area contributed by atoms with E-state index in [4.69, 9.17) is 28.4 Å². The van der Waals surface area contributed by atoms with E-state index in [0.29, 0.717) is 19.3 Å². The van der Waals surface area contributed by atoms with Crippen LogP contribution in [0.5, 0.6) is 0 Å².